The quantitative estimate of drug-likeness (QED) is 0.707. The Kier molecular flexibility index (Phi) is 5.36. The van der Waals surface area contributed by atoms with Crippen molar-refractivity contribution in [3.05, 3.63) is 50.4 Å². The van der Waals surface area contributed by atoms with Crippen molar-refractivity contribution in [2.24, 2.45) is 0 Å². The molecule has 0 aliphatic rings. The first-order valence-electron chi connectivity index (χ1n) is 6.09. The third kappa shape index (κ3) is 3.97. The molecule has 0 unspecified atom stereocenters. The summed E-state index contributed by atoms with van der Waals surface area (Å²) in [5, 5.41) is 0.451. The zero-order chi connectivity index (χ0) is 18.1. The van der Waals surface area contributed by atoms with Crippen LogP contribution in [0, 0.1) is 0 Å². The summed E-state index contributed by atoms with van der Waals surface area (Å²) >= 11 is 12.1. The van der Waals surface area contributed by atoms with Crippen LogP contribution in [0.1, 0.15) is 25.6 Å². The summed E-state index contributed by atoms with van der Waals surface area (Å²) in [6, 6.07) is 3.36. The molecule has 1 heterocycles. The molecule has 2 rings (SSSR count). The van der Waals surface area contributed by atoms with Crippen LogP contribution in [0.4, 0.5) is 13.2 Å². The summed E-state index contributed by atoms with van der Waals surface area (Å²) < 4.78 is 41.1. The maximum Gasteiger partial charge on any atom is 0.416 e. The van der Waals surface area contributed by atoms with Gasteiger partial charge in [-0.05, 0) is 35.8 Å². The van der Waals surface area contributed by atoms with Gasteiger partial charge in [0.05, 0.1) is 11.1 Å². The van der Waals surface area contributed by atoms with Crippen LogP contribution in [0.15, 0.2) is 24.3 Å². The van der Waals surface area contributed by atoms with Crippen molar-refractivity contribution >= 4 is 46.6 Å². The number of carbonyl (C=O) groups is 2. The molecule has 24 heavy (non-hydrogen) atoms. The molecule has 0 N–H and O–H groups in total. The van der Waals surface area contributed by atoms with Gasteiger partial charge in [0.1, 0.15) is 9.90 Å². The van der Waals surface area contributed by atoms with Gasteiger partial charge in [0, 0.05) is 7.05 Å². The number of hydrogen-bond acceptors (Lipinski definition) is 5. The van der Waals surface area contributed by atoms with Gasteiger partial charge in [-0.3, -0.25) is 4.79 Å². The van der Waals surface area contributed by atoms with Crippen molar-refractivity contribution in [3.8, 4) is 0 Å². The van der Waals surface area contributed by atoms with Crippen molar-refractivity contribution in [2.75, 3.05) is 7.05 Å². The number of amides is 1. The van der Waals surface area contributed by atoms with E-state index < -0.39 is 23.6 Å². The SMILES string of the molecule is CN(OC(=O)c1ccc(C(F)(F)F)cc1)C(=O)c1snc(Cl)c1Cl. The van der Waals surface area contributed by atoms with Gasteiger partial charge >= 0.3 is 12.1 Å². The standard InChI is InChI=1S/C13H7Cl2F3N2O3S/c1-20(11(21)9-8(14)10(15)19-24-9)23-12(22)6-2-4-7(5-3-6)13(16,17)18/h2-5H,1H3. The van der Waals surface area contributed by atoms with Crippen molar-refractivity contribution in [1.82, 2.24) is 9.44 Å². The Morgan fingerprint density at radius 1 is 1.21 bits per heavy atom. The van der Waals surface area contributed by atoms with Crippen molar-refractivity contribution in [1.29, 1.82) is 0 Å². The molecule has 0 aliphatic carbocycles. The van der Waals surface area contributed by atoms with Crippen molar-refractivity contribution in [2.45, 2.75) is 6.18 Å². The molecule has 1 aromatic heterocycles. The first-order valence-corrected chi connectivity index (χ1v) is 7.62. The van der Waals surface area contributed by atoms with E-state index in [1.54, 1.807) is 0 Å². The van der Waals surface area contributed by atoms with Gasteiger partial charge in [0.2, 0.25) is 0 Å². The third-order valence-electron chi connectivity index (χ3n) is 2.75. The highest BCUT2D eigenvalue weighted by Crippen LogP contribution is 2.30. The highest BCUT2D eigenvalue weighted by molar-refractivity contribution is 7.09. The number of hydroxylamine groups is 2. The predicted molar refractivity (Wildman–Crippen MR) is 81.1 cm³/mol. The highest BCUT2D eigenvalue weighted by Gasteiger charge is 2.30. The molecule has 0 atom stereocenters. The zero-order valence-corrected chi connectivity index (χ0v) is 14.1. The molecular weight excluding hydrogens is 392 g/mol. The summed E-state index contributed by atoms with van der Waals surface area (Å²) in [5.41, 5.74) is -1.06. The fourth-order valence-corrected chi connectivity index (χ4v) is 2.73. The van der Waals surface area contributed by atoms with Gasteiger partial charge in [-0.15, -0.1) is 0 Å². The second-order valence-corrected chi connectivity index (χ2v) is 5.88. The molecular formula is C13H7Cl2F3N2O3S. The van der Waals surface area contributed by atoms with Gasteiger partial charge in [0.25, 0.3) is 5.91 Å². The minimum absolute atomic E-state index is 0.0376. The average molecular weight is 399 g/mol. The summed E-state index contributed by atoms with van der Waals surface area (Å²) in [6.45, 7) is 0. The van der Waals surface area contributed by atoms with Gasteiger partial charge in [-0.1, -0.05) is 23.2 Å². The number of nitrogens with zero attached hydrogens (tertiary/aromatic N) is 2. The predicted octanol–water partition coefficient (Wildman–Crippen LogP) is 4.31. The summed E-state index contributed by atoms with van der Waals surface area (Å²) in [5.74, 6) is -1.78. The maximum atomic E-state index is 12.5. The Labute approximate surface area is 147 Å². The van der Waals surface area contributed by atoms with Crippen molar-refractivity contribution in [3.63, 3.8) is 0 Å². The van der Waals surface area contributed by atoms with Crippen LogP contribution in [0.25, 0.3) is 0 Å². The summed E-state index contributed by atoms with van der Waals surface area (Å²) in [7, 11) is 1.15. The third-order valence-corrected chi connectivity index (χ3v) is 4.53. The van der Waals surface area contributed by atoms with Crippen LogP contribution in [-0.4, -0.2) is 28.4 Å². The number of carbonyl (C=O) groups excluding carboxylic acids is 2. The fourth-order valence-electron chi connectivity index (χ4n) is 1.55. The first-order chi connectivity index (χ1) is 11.1. The lowest BCUT2D eigenvalue weighted by Crippen LogP contribution is -2.29. The molecule has 1 amide bonds. The molecule has 128 valence electrons. The second-order valence-electron chi connectivity index (χ2n) is 4.37. The Balaban J connectivity index is 2.08. The number of hydrogen-bond donors (Lipinski definition) is 0. The lowest BCUT2D eigenvalue weighted by Gasteiger charge is -2.15. The van der Waals surface area contributed by atoms with Crippen LogP contribution in [0.3, 0.4) is 0 Å². The van der Waals surface area contributed by atoms with Crippen LogP contribution in [0.5, 0.6) is 0 Å². The molecule has 5 nitrogen and oxygen atoms in total. The van der Waals surface area contributed by atoms with Gasteiger partial charge in [-0.2, -0.15) is 22.6 Å². The van der Waals surface area contributed by atoms with Crippen LogP contribution in [0.2, 0.25) is 10.2 Å². The Bertz CT molecular complexity index is 778. The molecule has 0 fully saturated rings. The lowest BCUT2D eigenvalue weighted by atomic mass is 10.1. The average Bonchev–Trinajstić information content (AvgIpc) is 2.85. The van der Waals surface area contributed by atoms with Crippen LogP contribution < -0.4 is 0 Å². The molecule has 2 aromatic rings. The van der Waals surface area contributed by atoms with E-state index in [0.29, 0.717) is 5.06 Å². The number of benzene rings is 1. The number of rotatable bonds is 2. The number of halogens is 5. The van der Waals surface area contributed by atoms with E-state index in [1.807, 2.05) is 0 Å². The van der Waals surface area contributed by atoms with E-state index in [1.165, 1.54) is 0 Å². The monoisotopic (exact) mass is 398 g/mol. The molecule has 0 aliphatic heterocycles. The topological polar surface area (TPSA) is 59.5 Å². The van der Waals surface area contributed by atoms with Crippen molar-refractivity contribution < 1.29 is 27.6 Å². The fraction of sp³-hybridized carbons (Fsp3) is 0.154. The molecule has 0 saturated heterocycles. The van der Waals surface area contributed by atoms with Gasteiger partial charge < -0.3 is 4.84 Å². The van der Waals surface area contributed by atoms with Crippen LogP contribution >= 0.6 is 34.7 Å². The Morgan fingerprint density at radius 3 is 2.25 bits per heavy atom. The van der Waals surface area contributed by atoms with E-state index in [-0.39, 0.29) is 20.6 Å². The zero-order valence-electron chi connectivity index (χ0n) is 11.7. The Morgan fingerprint density at radius 2 is 1.79 bits per heavy atom. The number of aromatic nitrogens is 1. The van der Waals surface area contributed by atoms with E-state index in [0.717, 1.165) is 42.8 Å². The first kappa shape index (κ1) is 18.5. The van der Waals surface area contributed by atoms with E-state index in [4.69, 9.17) is 28.0 Å². The minimum Gasteiger partial charge on any atom is -0.333 e. The molecule has 0 spiro atoms. The highest BCUT2D eigenvalue weighted by atomic mass is 35.5. The molecule has 0 radical (unpaired) electrons. The van der Waals surface area contributed by atoms with Crippen LogP contribution in [-0.2, 0) is 11.0 Å². The normalized spacial score (nSPS) is 11.2. The molecule has 0 bridgehead atoms. The van der Waals surface area contributed by atoms with E-state index in [9.17, 15) is 22.8 Å². The largest absolute Gasteiger partial charge is 0.416 e. The number of alkyl halides is 3. The Hall–Kier alpha value is -1.84. The van der Waals surface area contributed by atoms with E-state index in [2.05, 4.69) is 4.37 Å². The molecule has 1 aromatic carbocycles. The smallest absolute Gasteiger partial charge is 0.333 e. The lowest BCUT2D eigenvalue weighted by molar-refractivity contribution is -0.137. The van der Waals surface area contributed by atoms with E-state index >= 15 is 0 Å². The molecule has 11 heteroatoms. The summed E-state index contributed by atoms with van der Waals surface area (Å²) in [6.07, 6.45) is -4.52. The molecule has 0 saturated carbocycles. The maximum absolute atomic E-state index is 12.5. The van der Waals surface area contributed by atoms with Gasteiger partial charge in [0.15, 0.2) is 5.15 Å². The second kappa shape index (κ2) is 6.96. The van der Waals surface area contributed by atoms with Gasteiger partial charge in [-0.25, -0.2) is 4.79 Å². The summed E-state index contributed by atoms with van der Waals surface area (Å²) in [4.78, 5) is 28.7. The minimum atomic E-state index is -4.52.